The molecule has 1 aromatic heterocycles. The van der Waals surface area contributed by atoms with Crippen LogP contribution in [0.15, 0.2) is 12.3 Å². The number of aromatic nitrogens is 1. The second kappa shape index (κ2) is 4.59. The molecule has 0 spiro atoms. The van der Waals surface area contributed by atoms with Gasteiger partial charge in [0.05, 0.1) is 12.2 Å². The summed E-state index contributed by atoms with van der Waals surface area (Å²) in [7, 11) is 3.20. The molecule has 2 rings (SSSR count). The Hall–Kier alpha value is -2.18. The summed E-state index contributed by atoms with van der Waals surface area (Å²) in [6, 6.07) is 1.20. The molecule has 7 heteroatoms. The number of nitro groups is 1. The van der Waals surface area contributed by atoms with Gasteiger partial charge in [-0.15, -0.1) is 0 Å². The molecule has 1 heterocycles. The molecule has 1 fully saturated rings. The van der Waals surface area contributed by atoms with Crippen molar-refractivity contribution in [1.29, 1.82) is 0 Å². The molecule has 1 saturated carbocycles. The zero-order chi connectivity index (χ0) is 13.3. The first-order valence-electron chi connectivity index (χ1n) is 5.52. The van der Waals surface area contributed by atoms with Crippen LogP contribution < -0.4 is 4.74 Å². The van der Waals surface area contributed by atoms with Crippen LogP contribution in [-0.4, -0.2) is 40.9 Å². The van der Waals surface area contributed by atoms with E-state index in [0.717, 1.165) is 12.8 Å². The van der Waals surface area contributed by atoms with Crippen molar-refractivity contribution in [3.8, 4) is 5.75 Å². The lowest BCUT2D eigenvalue weighted by Crippen LogP contribution is -2.23. The minimum atomic E-state index is -0.607. The Morgan fingerprint density at radius 1 is 1.56 bits per heavy atom. The molecular formula is C11H13N3O4. The number of pyridine rings is 1. The molecule has 0 radical (unpaired) electrons. The molecule has 0 bridgehead atoms. The highest BCUT2D eigenvalue weighted by molar-refractivity contribution is 5.96. The van der Waals surface area contributed by atoms with Crippen molar-refractivity contribution >= 4 is 11.7 Å². The molecule has 0 aliphatic heterocycles. The summed E-state index contributed by atoms with van der Waals surface area (Å²) in [5.41, 5.74) is 0.248. The van der Waals surface area contributed by atoms with Gasteiger partial charge in [0.2, 0.25) is 0 Å². The van der Waals surface area contributed by atoms with Gasteiger partial charge in [0.15, 0.2) is 6.20 Å². The van der Waals surface area contributed by atoms with Crippen LogP contribution in [0.3, 0.4) is 0 Å². The van der Waals surface area contributed by atoms with E-state index in [1.807, 2.05) is 0 Å². The maximum atomic E-state index is 11.9. The van der Waals surface area contributed by atoms with Crippen LogP contribution >= 0.6 is 0 Å². The van der Waals surface area contributed by atoms with Gasteiger partial charge in [0.1, 0.15) is 11.3 Å². The maximum absolute atomic E-state index is 11.9. The van der Waals surface area contributed by atoms with Gasteiger partial charge in [0, 0.05) is 14.1 Å². The highest BCUT2D eigenvalue weighted by atomic mass is 16.6. The zero-order valence-electron chi connectivity index (χ0n) is 10.1. The molecule has 0 unspecified atom stereocenters. The summed E-state index contributed by atoms with van der Waals surface area (Å²) in [5, 5.41) is 10.7. The van der Waals surface area contributed by atoms with Crippen molar-refractivity contribution < 1.29 is 14.5 Å². The summed E-state index contributed by atoms with van der Waals surface area (Å²) in [6.07, 6.45) is 3.07. The predicted molar refractivity (Wildman–Crippen MR) is 62.6 cm³/mol. The molecule has 1 aliphatic rings. The molecular weight excluding hydrogens is 238 g/mol. The fourth-order valence-corrected chi connectivity index (χ4v) is 1.39. The number of nitrogens with zero attached hydrogens (tertiary/aromatic N) is 3. The lowest BCUT2D eigenvalue weighted by Gasteiger charge is -2.13. The number of ether oxygens (including phenoxy) is 1. The lowest BCUT2D eigenvalue weighted by atomic mass is 10.2. The maximum Gasteiger partial charge on any atom is 0.367 e. The molecule has 96 valence electrons. The summed E-state index contributed by atoms with van der Waals surface area (Å²) in [4.78, 5) is 27.0. The molecule has 0 N–H and O–H groups in total. The Morgan fingerprint density at radius 2 is 2.22 bits per heavy atom. The quantitative estimate of drug-likeness (QED) is 0.593. The third kappa shape index (κ3) is 2.55. The molecule has 0 aromatic carbocycles. The predicted octanol–water partition coefficient (Wildman–Crippen LogP) is 1.23. The average Bonchev–Trinajstić information content (AvgIpc) is 3.11. The van der Waals surface area contributed by atoms with E-state index in [1.165, 1.54) is 17.2 Å². The fourth-order valence-electron chi connectivity index (χ4n) is 1.39. The Morgan fingerprint density at radius 3 is 2.72 bits per heavy atom. The molecule has 18 heavy (non-hydrogen) atoms. The van der Waals surface area contributed by atoms with Crippen molar-refractivity contribution in [3.05, 3.63) is 27.9 Å². The smallest absolute Gasteiger partial charge is 0.367 e. The van der Waals surface area contributed by atoms with E-state index < -0.39 is 4.92 Å². The van der Waals surface area contributed by atoms with Crippen LogP contribution in [-0.2, 0) is 0 Å². The summed E-state index contributed by atoms with van der Waals surface area (Å²) in [5.74, 6) is -0.369. The van der Waals surface area contributed by atoms with Gasteiger partial charge in [-0.2, -0.15) is 0 Å². The molecule has 0 atom stereocenters. The van der Waals surface area contributed by atoms with Crippen LogP contribution in [0.1, 0.15) is 23.2 Å². The van der Waals surface area contributed by atoms with Crippen LogP contribution in [0.2, 0.25) is 0 Å². The zero-order valence-corrected chi connectivity index (χ0v) is 10.1. The van der Waals surface area contributed by atoms with Gasteiger partial charge in [0.25, 0.3) is 5.91 Å². The molecule has 1 aromatic rings. The molecule has 1 amide bonds. The Kier molecular flexibility index (Phi) is 3.14. The van der Waals surface area contributed by atoms with Crippen molar-refractivity contribution in [3.63, 3.8) is 0 Å². The number of amides is 1. The number of carbonyl (C=O) groups is 1. The monoisotopic (exact) mass is 251 g/mol. The third-order valence-electron chi connectivity index (χ3n) is 2.49. The highest BCUT2D eigenvalue weighted by Crippen LogP contribution is 2.31. The second-order valence-corrected chi connectivity index (χ2v) is 4.31. The standard InChI is InChI=1S/C11H13N3O4/c1-13(2)11(15)8-6-12-10(14(16)17)5-9(8)18-7-3-4-7/h5-7H,3-4H2,1-2H3. The summed E-state index contributed by atoms with van der Waals surface area (Å²) in [6.45, 7) is 0. The van der Waals surface area contributed by atoms with Crippen molar-refractivity contribution in [2.24, 2.45) is 0 Å². The Labute approximate surface area is 104 Å². The van der Waals surface area contributed by atoms with Crippen LogP contribution in [0.25, 0.3) is 0 Å². The number of hydrogen-bond donors (Lipinski definition) is 0. The highest BCUT2D eigenvalue weighted by Gasteiger charge is 2.28. The van der Waals surface area contributed by atoms with Crippen molar-refractivity contribution in [2.45, 2.75) is 18.9 Å². The van der Waals surface area contributed by atoms with E-state index in [1.54, 1.807) is 14.1 Å². The van der Waals surface area contributed by atoms with Crippen molar-refractivity contribution in [2.75, 3.05) is 14.1 Å². The van der Waals surface area contributed by atoms with Crippen LogP contribution in [0.5, 0.6) is 5.75 Å². The molecule has 7 nitrogen and oxygen atoms in total. The summed E-state index contributed by atoms with van der Waals surface area (Å²) >= 11 is 0. The Balaban J connectivity index is 2.37. The normalized spacial score (nSPS) is 14.1. The van der Waals surface area contributed by atoms with E-state index >= 15 is 0 Å². The number of carbonyl (C=O) groups excluding carboxylic acids is 1. The number of hydrogen-bond acceptors (Lipinski definition) is 5. The largest absolute Gasteiger partial charge is 0.489 e. The van der Waals surface area contributed by atoms with Gasteiger partial charge in [-0.25, -0.2) is 0 Å². The SMILES string of the molecule is CN(C)C(=O)c1cnc([N+](=O)[O-])cc1OC1CC1. The topological polar surface area (TPSA) is 85.6 Å². The van der Waals surface area contributed by atoms with Crippen molar-refractivity contribution in [1.82, 2.24) is 9.88 Å². The summed E-state index contributed by atoms with van der Waals surface area (Å²) < 4.78 is 5.53. The van der Waals surface area contributed by atoms with E-state index in [2.05, 4.69) is 4.98 Å². The minimum absolute atomic E-state index is 0.0562. The third-order valence-corrected chi connectivity index (χ3v) is 2.49. The van der Waals surface area contributed by atoms with Crippen LogP contribution in [0, 0.1) is 10.1 Å². The van der Waals surface area contributed by atoms with Gasteiger partial charge in [-0.1, -0.05) is 0 Å². The number of rotatable bonds is 4. The van der Waals surface area contributed by atoms with E-state index in [-0.39, 0.29) is 29.1 Å². The van der Waals surface area contributed by atoms with E-state index in [4.69, 9.17) is 4.74 Å². The lowest BCUT2D eigenvalue weighted by molar-refractivity contribution is -0.389. The van der Waals surface area contributed by atoms with Gasteiger partial charge in [-0.05, 0) is 22.7 Å². The first-order valence-corrected chi connectivity index (χ1v) is 5.52. The van der Waals surface area contributed by atoms with Gasteiger partial charge in [-0.3, -0.25) is 4.79 Å². The van der Waals surface area contributed by atoms with Gasteiger partial charge < -0.3 is 19.8 Å². The first-order chi connectivity index (χ1) is 8.49. The van der Waals surface area contributed by atoms with E-state index in [9.17, 15) is 14.9 Å². The minimum Gasteiger partial charge on any atom is -0.489 e. The van der Waals surface area contributed by atoms with Gasteiger partial charge >= 0.3 is 5.82 Å². The molecule has 0 saturated heterocycles. The fraction of sp³-hybridized carbons (Fsp3) is 0.455. The molecule has 1 aliphatic carbocycles. The average molecular weight is 251 g/mol. The van der Waals surface area contributed by atoms with Crippen LogP contribution in [0.4, 0.5) is 5.82 Å². The Bertz CT molecular complexity index is 497. The first kappa shape index (κ1) is 12.3. The van der Waals surface area contributed by atoms with E-state index in [0.29, 0.717) is 0 Å². The second-order valence-electron chi connectivity index (χ2n) is 4.31.